The fourth-order valence-electron chi connectivity index (χ4n) is 2.42. The first kappa shape index (κ1) is 14.0. The monoisotopic (exact) mass is 283 g/mol. The maximum atomic E-state index is 12.6. The van der Waals surface area contributed by atoms with Crippen LogP contribution < -0.4 is 0 Å². The smallest absolute Gasteiger partial charge is 0.337 e. The molecule has 2 rings (SSSR count). The molecular formula is C13H17NO4S. The number of sulfonamides is 1. The highest BCUT2D eigenvalue weighted by Gasteiger charge is 2.33. The van der Waals surface area contributed by atoms with E-state index in [9.17, 15) is 13.2 Å². The van der Waals surface area contributed by atoms with E-state index < -0.39 is 16.0 Å². The van der Waals surface area contributed by atoms with E-state index in [4.69, 9.17) is 5.11 Å². The number of hydrogen-bond donors (Lipinski definition) is 1. The molecule has 1 heterocycles. The Morgan fingerprint density at radius 1 is 1.32 bits per heavy atom. The van der Waals surface area contributed by atoms with Crippen LogP contribution in [-0.4, -0.2) is 36.4 Å². The Morgan fingerprint density at radius 2 is 2.00 bits per heavy atom. The summed E-state index contributed by atoms with van der Waals surface area (Å²) < 4.78 is 26.6. The van der Waals surface area contributed by atoms with Crippen molar-refractivity contribution < 1.29 is 18.3 Å². The molecule has 0 aliphatic carbocycles. The van der Waals surface area contributed by atoms with Crippen molar-refractivity contribution in [1.29, 1.82) is 0 Å². The molecule has 1 aromatic rings. The molecule has 0 radical (unpaired) electrons. The van der Waals surface area contributed by atoms with Crippen LogP contribution in [0, 0.1) is 0 Å². The van der Waals surface area contributed by atoms with Crippen molar-refractivity contribution in [3.05, 3.63) is 29.8 Å². The quantitative estimate of drug-likeness (QED) is 0.920. The first-order chi connectivity index (χ1) is 8.94. The molecule has 0 spiro atoms. The fourth-order valence-corrected chi connectivity index (χ4v) is 4.31. The molecule has 0 saturated carbocycles. The van der Waals surface area contributed by atoms with Gasteiger partial charge in [0.15, 0.2) is 0 Å². The molecule has 0 unspecified atom stereocenters. The van der Waals surface area contributed by atoms with Crippen LogP contribution in [0.25, 0.3) is 0 Å². The van der Waals surface area contributed by atoms with Gasteiger partial charge in [0.2, 0.25) is 10.0 Å². The highest BCUT2D eigenvalue weighted by Crippen LogP contribution is 2.27. The second-order valence-corrected chi connectivity index (χ2v) is 6.62. The molecule has 1 aliphatic heterocycles. The number of carboxylic acids is 1. The van der Waals surface area contributed by atoms with Crippen LogP contribution in [-0.2, 0) is 10.0 Å². The third-order valence-corrected chi connectivity index (χ3v) is 5.52. The summed E-state index contributed by atoms with van der Waals surface area (Å²) in [5.41, 5.74) is -0.166. The van der Waals surface area contributed by atoms with Crippen LogP contribution in [0.3, 0.4) is 0 Å². The second-order valence-electron chi connectivity index (χ2n) is 4.76. The van der Waals surface area contributed by atoms with E-state index in [1.54, 1.807) is 6.07 Å². The summed E-state index contributed by atoms with van der Waals surface area (Å²) in [7, 11) is -3.73. The summed E-state index contributed by atoms with van der Waals surface area (Å²) in [4.78, 5) is 11.0. The first-order valence-electron chi connectivity index (χ1n) is 6.29. The lowest BCUT2D eigenvalue weighted by atomic mass is 10.1. The SMILES string of the molecule is C[C@H]1CCCCN1S(=O)(=O)c1ccccc1C(=O)O. The fraction of sp³-hybridized carbons (Fsp3) is 0.462. The van der Waals surface area contributed by atoms with E-state index in [-0.39, 0.29) is 16.5 Å². The molecule has 1 N–H and O–H groups in total. The molecule has 1 aromatic carbocycles. The molecule has 1 saturated heterocycles. The van der Waals surface area contributed by atoms with E-state index in [0.717, 1.165) is 19.3 Å². The molecule has 0 aromatic heterocycles. The van der Waals surface area contributed by atoms with Gasteiger partial charge >= 0.3 is 5.97 Å². The molecule has 19 heavy (non-hydrogen) atoms. The predicted molar refractivity (Wildman–Crippen MR) is 70.6 cm³/mol. The zero-order chi connectivity index (χ0) is 14.0. The van der Waals surface area contributed by atoms with E-state index in [0.29, 0.717) is 6.54 Å². The van der Waals surface area contributed by atoms with Crippen molar-refractivity contribution in [2.45, 2.75) is 37.1 Å². The lowest BCUT2D eigenvalue weighted by molar-refractivity contribution is 0.0692. The van der Waals surface area contributed by atoms with Crippen LogP contribution >= 0.6 is 0 Å². The van der Waals surface area contributed by atoms with E-state index >= 15 is 0 Å². The second kappa shape index (κ2) is 5.30. The first-order valence-corrected chi connectivity index (χ1v) is 7.73. The number of nitrogens with zero attached hydrogens (tertiary/aromatic N) is 1. The third kappa shape index (κ3) is 2.64. The summed E-state index contributed by atoms with van der Waals surface area (Å²) >= 11 is 0. The van der Waals surface area contributed by atoms with Gasteiger partial charge in [-0.1, -0.05) is 18.6 Å². The van der Waals surface area contributed by atoms with Gasteiger partial charge in [0.1, 0.15) is 0 Å². The summed E-state index contributed by atoms with van der Waals surface area (Å²) in [6.45, 7) is 2.32. The lowest BCUT2D eigenvalue weighted by Crippen LogP contribution is -2.42. The van der Waals surface area contributed by atoms with Gasteiger partial charge in [-0.05, 0) is 31.9 Å². The van der Waals surface area contributed by atoms with Crippen LogP contribution in [0.15, 0.2) is 29.2 Å². The molecular weight excluding hydrogens is 266 g/mol. The number of carboxylic acid groups (broad SMARTS) is 1. The Kier molecular flexibility index (Phi) is 3.91. The number of carbonyl (C=O) groups is 1. The number of piperidine rings is 1. The molecule has 0 amide bonds. The minimum atomic E-state index is -3.73. The lowest BCUT2D eigenvalue weighted by Gasteiger charge is -2.32. The molecule has 104 valence electrons. The minimum absolute atomic E-state index is 0.0828. The van der Waals surface area contributed by atoms with Crippen molar-refractivity contribution in [3.63, 3.8) is 0 Å². The van der Waals surface area contributed by atoms with Gasteiger partial charge in [0.05, 0.1) is 10.5 Å². The van der Waals surface area contributed by atoms with Gasteiger partial charge in [-0.2, -0.15) is 4.31 Å². The summed E-state index contributed by atoms with van der Waals surface area (Å²) in [6.07, 6.45) is 2.64. The Morgan fingerprint density at radius 3 is 2.63 bits per heavy atom. The zero-order valence-electron chi connectivity index (χ0n) is 10.7. The van der Waals surface area contributed by atoms with Crippen LogP contribution in [0.1, 0.15) is 36.5 Å². The van der Waals surface area contributed by atoms with Gasteiger partial charge in [0.25, 0.3) is 0 Å². The average molecular weight is 283 g/mol. The van der Waals surface area contributed by atoms with E-state index in [1.807, 2.05) is 6.92 Å². The van der Waals surface area contributed by atoms with Crippen molar-refractivity contribution in [2.24, 2.45) is 0 Å². The summed E-state index contributed by atoms with van der Waals surface area (Å²) in [5, 5.41) is 9.11. The van der Waals surface area contributed by atoms with Crippen molar-refractivity contribution in [2.75, 3.05) is 6.54 Å². The number of rotatable bonds is 3. The van der Waals surface area contributed by atoms with Crippen molar-refractivity contribution >= 4 is 16.0 Å². The number of benzene rings is 1. The van der Waals surface area contributed by atoms with Crippen LogP contribution in [0.2, 0.25) is 0 Å². The van der Waals surface area contributed by atoms with Gasteiger partial charge in [-0.15, -0.1) is 0 Å². The standard InChI is InChI=1S/C13H17NO4S/c1-10-6-4-5-9-14(10)19(17,18)12-8-3-2-7-11(12)13(15)16/h2-3,7-8,10H,4-6,9H2,1H3,(H,15,16)/t10-/m0/s1. The Balaban J connectivity index is 2.47. The summed E-state index contributed by atoms with van der Waals surface area (Å²) in [5.74, 6) is -1.22. The topological polar surface area (TPSA) is 74.7 Å². The molecule has 1 atom stereocenters. The highest BCUT2D eigenvalue weighted by molar-refractivity contribution is 7.89. The van der Waals surface area contributed by atoms with Gasteiger partial charge in [-0.25, -0.2) is 13.2 Å². The molecule has 5 nitrogen and oxygen atoms in total. The Labute approximate surface area is 112 Å². The van der Waals surface area contributed by atoms with E-state index in [1.165, 1.54) is 22.5 Å². The average Bonchev–Trinajstić information content (AvgIpc) is 2.39. The van der Waals surface area contributed by atoms with Crippen LogP contribution in [0.5, 0.6) is 0 Å². The summed E-state index contributed by atoms with van der Waals surface area (Å²) in [6, 6.07) is 5.68. The van der Waals surface area contributed by atoms with Gasteiger partial charge in [0, 0.05) is 12.6 Å². The van der Waals surface area contributed by atoms with Crippen molar-refractivity contribution in [1.82, 2.24) is 4.31 Å². The molecule has 1 aliphatic rings. The largest absolute Gasteiger partial charge is 0.478 e. The molecule has 1 fully saturated rings. The molecule has 0 bridgehead atoms. The van der Waals surface area contributed by atoms with Gasteiger partial charge in [-0.3, -0.25) is 0 Å². The maximum Gasteiger partial charge on any atom is 0.337 e. The minimum Gasteiger partial charge on any atom is -0.478 e. The van der Waals surface area contributed by atoms with Gasteiger partial charge < -0.3 is 5.11 Å². The van der Waals surface area contributed by atoms with Crippen LogP contribution in [0.4, 0.5) is 0 Å². The predicted octanol–water partition coefficient (Wildman–Crippen LogP) is 1.95. The number of aromatic carboxylic acids is 1. The Hall–Kier alpha value is -1.40. The molecule has 6 heteroatoms. The normalized spacial score (nSPS) is 21.2. The maximum absolute atomic E-state index is 12.6. The third-order valence-electron chi connectivity index (χ3n) is 3.45. The number of hydrogen-bond acceptors (Lipinski definition) is 3. The zero-order valence-corrected chi connectivity index (χ0v) is 11.6. The highest BCUT2D eigenvalue weighted by atomic mass is 32.2. The Bertz CT molecular complexity index is 582. The van der Waals surface area contributed by atoms with E-state index in [2.05, 4.69) is 0 Å². The van der Waals surface area contributed by atoms with Crippen molar-refractivity contribution in [3.8, 4) is 0 Å².